The summed E-state index contributed by atoms with van der Waals surface area (Å²) in [5.74, 6) is -4.89. The minimum absolute atomic E-state index is 0.00643. The summed E-state index contributed by atoms with van der Waals surface area (Å²) in [5, 5.41) is 56.5. The van der Waals surface area contributed by atoms with Gasteiger partial charge in [0.05, 0.1) is 5.92 Å². The molecule has 0 aromatic heterocycles. The average Bonchev–Trinajstić information content (AvgIpc) is 2.41. The molecule has 6 N–H and O–H groups in total. The van der Waals surface area contributed by atoms with Crippen LogP contribution in [0, 0.1) is 5.92 Å². The van der Waals surface area contributed by atoms with Gasteiger partial charge in [-0.1, -0.05) is 0 Å². The van der Waals surface area contributed by atoms with Crippen LogP contribution in [-0.4, -0.2) is 42.5 Å². The van der Waals surface area contributed by atoms with E-state index in [0.717, 1.165) is 6.08 Å². The van der Waals surface area contributed by atoms with Crippen molar-refractivity contribution in [3.05, 3.63) is 46.5 Å². The van der Waals surface area contributed by atoms with Crippen LogP contribution in [0.1, 0.15) is 12.8 Å². The maximum absolute atomic E-state index is 12.2. The second kappa shape index (κ2) is 4.93. The van der Waals surface area contributed by atoms with Crippen LogP contribution < -0.4 is 0 Å². The van der Waals surface area contributed by atoms with Crippen molar-refractivity contribution >= 4 is 5.78 Å². The Bertz CT molecular complexity index is 580. The van der Waals surface area contributed by atoms with E-state index in [4.69, 9.17) is 0 Å². The highest BCUT2D eigenvalue weighted by Gasteiger charge is 2.34. The van der Waals surface area contributed by atoms with Crippen LogP contribution in [0.5, 0.6) is 0 Å². The first kappa shape index (κ1) is 14.0. The molecule has 2 atom stereocenters. The van der Waals surface area contributed by atoms with Crippen molar-refractivity contribution in [3.8, 4) is 0 Å². The van der Waals surface area contributed by atoms with Gasteiger partial charge in [0.1, 0.15) is 11.9 Å². The van der Waals surface area contributed by atoms with Crippen LogP contribution in [0.15, 0.2) is 46.5 Å². The third kappa shape index (κ3) is 2.23. The Morgan fingerprint density at radius 1 is 1.10 bits per heavy atom. The topological polar surface area (TPSA) is 138 Å². The number of hydrogen-bond donors (Lipinski definition) is 6. The summed E-state index contributed by atoms with van der Waals surface area (Å²) in [6.45, 7) is 0. The van der Waals surface area contributed by atoms with Crippen LogP contribution in [0.3, 0.4) is 0 Å². The zero-order valence-electron chi connectivity index (χ0n) is 10.3. The summed E-state index contributed by atoms with van der Waals surface area (Å²) in [7, 11) is 0. The second-order valence-electron chi connectivity index (χ2n) is 4.64. The van der Waals surface area contributed by atoms with Crippen molar-refractivity contribution in [3.63, 3.8) is 0 Å². The first-order valence-electron chi connectivity index (χ1n) is 5.89. The van der Waals surface area contributed by atoms with Crippen LogP contribution in [0.2, 0.25) is 0 Å². The molecule has 2 aliphatic carbocycles. The molecule has 20 heavy (non-hydrogen) atoms. The van der Waals surface area contributed by atoms with Gasteiger partial charge in [-0.15, -0.1) is 0 Å². The Morgan fingerprint density at radius 2 is 1.75 bits per heavy atom. The SMILES string of the molecule is O=C(C1=CC(O)=C(O)C(O)C1)C1CC=C(O)C(O)=C1O. The molecule has 0 saturated carbocycles. The molecule has 7 nitrogen and oxygen atoms in total. The number of allylic oxidation sites excluding steroid dienone is 3. The van der Waals surface area contributed by atoms with Gasteiger partial charge in [0.15, 0.2) is 28.8 Å². The summed E-state index contributed by atoms with van der Waals surface area (Å²) in [6, 6.07) is 0. The van der Waals surface area contributed by atoms with E-state index >= 15 is 0 Å². The molecule has 2 unspecified atom stereocenters. The summed E-state index contributed by atoms with van der Waals surface area (Å²) in [6.07, 6.45) is 0.558. The smallest absolute Gasteiger partial charge is 0.196 e. The molecule has 0 bridgehead atoms. The van der Waals surface area contributed by atoms with E-state index in [0.29, 0.717) is 0 Å². The highest BCUT2D eigenvalue weighted by molar-refractivity contribution is 5.99. The molecule has 0 saturated heterocycles. The highest BCUT2D eigenvalue weighted by atomic mass is 16.3. The fourth-order valence-electron chi connectivity index (χ4n) is 2.13. The molecule has 0 aliphatic heterocycles. The number of aliphatic hydroxyl groups excluding tert-OH is 6. The van der Waals surface area contributed by atoms with E-state index < -0.39 is 46.6 Å². The maximum Gasteiger partial charge on any atom is 0.196 e. The predicted octanol–water partition coefficient (Wildman–Crippen LogP) is 1.36. The minimum Gasteiger partial charge on any atom is -0.508 e. The monoisotopic (exact) mass is 282 g/mol. The van der Waals surface area contributed by atoms with Gasteiger partial charge in [-0.25, -0.2) is 0 Å². The van der Waals surface area contributed by atoms with Gasteiger partial charge in [-0.2, -0.15) is 0 Å². The third-order valence-electron chi connectivity index (χ3n) is 3.30. The van der Waals surface area contributed by atoms with Gasteiger partial charge in [-0.3, -0.25) is 4.79 Å². The largest absolute Gasteiger partial charge is 0.508 e. The lowest BCUT2D eigenvalue weighted by molar-refractivity contribution is -0.119. The number of hydrogen-bond acceptors (Lipinski definition) is 7. The Kier molecular flexibility index (Phi) is 3.46. The molecule has 2 aliphatic rings. The Hall–Kier alpha value is -2.41. The quantitative estimate of drug-likeness (QED) is 0.449. The van der Waals surface area contributed by atoms with Gasteiger partial charge in [0.25, 0.3) is 0 Å². The number of rotatable bonds is 2. The summed E-state index contributed by atoms with van der Waals surface area (Å²) < 4.78 is 0. The van der Waals surface area contributed by atoms with E-state index in [-0.39, 0.29) is 18.4 Å². The number of aliphatic hydroxyl groups is 6. The van der Waals surface area contributed by atoms with E-state index in [1.165, 1.54) is 6.08 Å². The van der Waals surface area contributed by atoms with Crippen molar-refractivity contribution in [1.29, 1.82) is 0 Å². The van der Waals surface area contributed by atoms with Crippen molar-refractivity contribution in [2.45, 2.75) is 18.9 Å². The zero-order chi connectivity index (χ0) is 15.0. The summed E-state index contributed by atoms with van der Waals surface area (Å²) >= 11 is 0. The zero-order valence-corrected chi connectivity index (χ0v) is 10.3. The van der Waals surface area contributed by atoms with Crippen LogP contribution in [-0.2, 0) is 4.79 Å². The van der Waals surface area contributed by atoms with Gasteiger partial charge in [-0.05, 0) is 18.6 Å². The first-order chi connectivity index (χ1) is 9.32. The molecular weight excluding hydrogens is 268 g/mol. The Morgan fingerprint density at radius 3 is 2.35 bits per heavy atom. The van der Waals surface area contributed by atoms with E-state index in [9.17, 15) is 35.4 Å². The molecule has 0 fully saturated rings. The van der Waals surface area contributed by atoms with Gasteiger partial charge >= 0.3 is 0 Å². The number of Topliss-reactive ketones (excluding diaryl/α,β-unsaturated/α-hetero) is 1. The molecule has 0 spiro atoms. The maximum atomic E-state index is 12.2. The summed E-state index contributed by atoms with van der Waals surface area (Å²) in [4.78, 5) is 12.2. The standard InChI is InChI=1S/C13H14O7/c14-7-2-1-6(11(18)13(7)20)10(17)5-3-8(15)12(19)9(16)4-5/h2-3,6,9,14-16,18-20H,1,4H2. The van der Waals surface area contributed by atoms with Crippen LogP contribution in [0.4, 0.5) is 0 Å². The molecule has 0 aromatic carbocycles. The number of carbonyl (C=O) groups excluding carboxylic acids is 1. The minimum atomic E-state index is -1.40. The molecule has 7 heteroatoms. The van der Waals surface area contributed by atoms with E-state index in [1.54, 1.807) is 0 Å². The molecule has 0 amide bonds. The third-order valence-corrected chi connectivity index (χ3v) is 3.30. The van der Waals surface area contributed by atoms with Crippen molar-refractivity contribution < 1.29 is 35.4 Å². The molecule has 0 heterocycles. The van der Waals surface area contributed by atoms with Crippen molar-refractivity contribution in [1.82, 2.24) is 0 Å². The predicted molar refractivity (Wildman–Crippen MR) is 67.1 cm³/mol. The lowest BCUT2D eigenvalue weighted by atomic mass is 9.85. The van der Waals surface area contributed by atoms with Crippen LogP contribution in [0.25, 0.3) is 0 Å². The van der Waals surface area contributed by atoms with E-state index in [1.807, 2.05) is 0 Å². The van der Waals surface area contributed by atoms with Crippen molar-refractivity contribution in [2.75, 3.05) is 0 Å². The first-order valence-corrected chi connectivity index (χ1v) is 5.89. The molecule has 0 aromatic rings. The summed E-state index contributed by atoms with van der Waals surface area (Å²) in [5.41, 5.74) is 0.00643. The van der Waals surface area contributed by atoms with Gasteiger partial charge < -0.3 is 30.6 Å². The fraction of sp³-hybridized carbons (Fsp3) is 0.308. The second-order valence-corrected chi connectivity index (χ2v) is 4.64. The molecular formula is C13H14O7. The highest BCUT2D eigenvalue weighted by Crippen LogP contribution is 2.31. The number of ketones is 1. The number of carbonyl (C=O) groups is 1. The molecule has 108 valence electrons. The lowest BCUT2D eigenvalue weighted by Crippen LogP contribution is -2.27. The lowest BCUT2D eigenvalue weighted by Gasteiger charge is -2.23. The Balaban J connectivity index is 2.29. The average molecular weight is 282 g/mol. The molecule has 0 radical (unpaired) electrons. The fourth-order valence-corrected chi connectivity index (χ4v) is 2.13. The van der Waals surface area contributed by atoms with Gasteiger partial charge in [0.2, 0.25) is 0 Å². The van der Waals surface area contributed by atoms with Crippen LogP contribution >= 0.6 is 0 Å². The Labute approximate surface area is 113 Å². The van der Waals surface area contributed by atoms with Gasteiger partial charge in [0, 0.05) is 12.0 Å². The van der Waals surface area contributed by atoms with E-state index in [2.05, 4.69) is 0 Å². The molecule has 2 rings (SSSR count). The normalized spacial score (nSPS) is 27.2. The van der Waals surface area contributed by atoms with Crippen molar-refractivity contribution in [2.24, 2.45) is 5.92 Å².